The second kappa shape index (κ2) is 8.90. The van der Waals surface area contributed by atoms with Gasteiger partial charge in [0.25, 0.3) is 0 Å². The highest BCUT2D eigenvalue weighted by molar-refractivity contribution is 4.80. The molecular weight excluding hydrogens is 212 g/mol. The molecule has 0 aliphatic rings. The van der Waals surface area contributed by atoms with E-state index >= 15 is 0 Å². The minimum Gasteiger partial charge on any atom is -0.396 e. The van der Waals surface area contributed by atoms with E-state index in [4.69, 9.17) is 5.11 Å². The van der Waals surface area contributed by atoms with Crippen LogP contribution in [0.25, 0.3) is 0 Å². The van der Waals surface area contributed by atoms with Gasteiger partial charge >= 0.3 is 0 Å². The summed E-state index contributed by atoms with van der Waals surface area (Å²) >= 11 is 0. The maximum atomic E-state index is 9.56. The van der Waals surface area contributed by atoms with Gasteiger partial charge in [0.15, 0.2) is 0 Å². The lowest BCUT2D eigenvalue weighted by molar-refractivity contribution is -0.108. The van der Waals surface area contributed by atoms with E-state index in [2.05, 4.69) is 0 Å². The molecule has 4 atom stereocenters. The normalized spacial score (nSPS) is 19.1. The first-order valence-electron chi connectivity index (χ1n) is 5.87. The van der Waals surface area contributed by atoms with Gasteiger partial charge in [0.1, 0.15) is 12.2 Å². The first-order chi connectivity index (χ1) is 7.54. The van der Waals surface area contributed by atoms with Crippen LogP contribution in [0.1, 0.15) is 39.0 Å². The minimum absolute atomic E-state index is 0.0455. The van der Waals surface area contributed by atoms with Crippen LogP contribution in [0.2, 0.25) is 0 Å². The first kappa shape index (κ1) is 15.8. The molecule has 0 radical (unpaired) electrons. The van der Waals surface area contributed by atoms with E-state index < -0.39 is 24.4 Å². The third kappa shape index (κ3) is 5.77. The highest BCUT2D eigenvalue weighted by atomic mass is 16.4. The average Bonchev–Trinajstić information content (AvgIpc) is 2.27. The van der Waals surface area contributed by atoms with E-state index in [1.54, 1.807) is 0 Å². The lowest BCUT2D eigenvalue weighted by atomic mass is 9.97. The van der Waals surface area contributed by atoms with Crippen molar-refractivity contribution in [3.63, 3.8) is 0 Å². The largest absolute Gasteiger partial charge is 0.396 e. The van der Waals surface area contributed by atoms with Crippen LogP contribution in [0.3, 0.4) is 0 Å². The van der Waals surface area contributed by atoms with Crippen molar-refractivity contribution in [1.29, 1.82) is 0 Å². The van der Waals surface area contributed by atoms with Crippen molar-refractivity contribution in [3.05, 3.63) is 0 Å². The van der Waals surface area contributed by atoms with Gasteiger partial charge in [0.2, 0.25) is 0 Å². The van der Waals surface area contributed by atoms with E-state index in [1.807, 2.05) is 6.92 Å². The summed E-state index contributed by atoms with van der Waals surface area (Å²) < 4.78 is 0. The van der Waals surface area contributed by atoms with Crippen LogP contribution in [0.5, 0.6) is 0 Å². The van der Waals surface area contributed by atoms with Crippen molar-refractivity contribution in [2.24, 2.45) is 0 Å². The lowest BCUT2D eigenvalue weighted by Crippen LogP contribution is -2.44. The second-order valence-corrected chi connectivity index (χ2v) is 4.12. The van der Waals surface area contributed by atoms with Crippen molar-refractivity contribution >= 4 is 0 Å². The molecule has 0 saturated carbocycles. The van der Waals surface area contributed by atoms with Gasteiger partial charge in [-0.05, 0) is 25.7 Å². The smallest absolute Gasteiger partial charge is 0.108 e. The Morgan fingerprint density at radius 2 is 1.31 bits per heavy atom. The predicted octanol–water partition coefficient (Wildman–Crippen LogP) is -0.607. The number of aliphatic hydroxyl groups excluding tert-OH is 5. The van der Waals surface area contributed by atoms with Crippen molar-refractivity contribution in [3.8, 4) is 0 Å². The summed E-state index contributed by atoms with van der Waals surface area (Å²) in [6.45, 7) is 1.91. The Labute approximate surface area is 96.4 Å². The van der Waals surface area contributed by atoms with Gasteiger partial charge < -0.3 is 25.5 Å². The van der Waals surface area contributed by atoms with E-state index in [0.29, 0.717) is 32.1 Å². The Balaban J connectivity index is 3.94. The zero-order chi connectivity index (χ0) is 12.6. The number of hydrogen-bond acceptors (Lipinski definition) is 5. The summed E-state index contributed by atoms with van der Waals surface area (Å²) in [5.41, 5.74) is 0. The monoisotopic (exact) mass is 236 g/mol. The van der Waals surface area contributed by atoms with Crippen LogP contribution in [-0.2, 0) is 0 Å². The van der Waals surface area contributed by atoms with Gasteiger partial charge in [-0.15, -0.1) is 0 Å². The van der Waals surface area contributed by atoms with Crippen molar-refractivity contribution in [2.45, 2.75) is 63.4 Å². The third-order valence-corrected chi connectivity index (χ3v) is 2.63. The Bertz CT molecular complexity index is 164. The molecule has 0 spiro atoms. The number of hydrogen-bond donors (Lipinski definition) is 5. The van der Waals surface area contributed by atoms with Crippen molar-refractivity contribution < 1.29 is 25.5 Å². The van der Waals surface area contributed by atoms with Crippen molar-refractivity contribution in [1.82, 2.24) is 0 Å². The molecule has 16 heavy (non-hydrogen) atoms. The first-order valence-corrected chi connectivity index (χ1v) is 5.87. The quantitative estimate of drug-likeness (QED) is 0.344. The molecular formula is C11H24O5. The molecule has 5 nitrogen and oxygen atoms in total. The Hall–Kier alpha value is -0.200. The SMILES string of the molecule is CCC[C@@H](O)[C@@H](O)[C@H](O)[C@@H](O)CCCCO. The molecule has 0 heterocycles. The molecule has 0 fully saturated rings. The average molecular weight is 236 g/mol. The summed E-state index contributed by atoms with van der Waals surface area (Å²) in [6, 6.07) is 0. The topological polar surface area (TPSA) is 101 Å². The van der Waals surface area contributed by atoms with Crippen LogP contribution in [0.15, 0.2) is 0 Å². The fourth-order valence-electron chi connectivity index (χ4n) is 1.56. The van der Waals surface area contributed by atoms with E-state index in [9.17, 15) is 20.4 Å². The van der Waals surface area contributed by atoms with Crippen molar-refractivity contribution in [2.75, 3.05) is 6.61 Å². The molecule has 0 aliphatic carbocycles. The highest BCUT2D eigenvalue weighted by Gasteiger charge is 2.29. The van der Waals surface area contributed by atoms with E-state index in [0.717, 1.165) is 0 Å². The zero-order valence-corrected chi connectivity index (χ0v) is 9.79. The lowest BCUT2D eigenvalue weighted by Gasteiger charge is -2.26. The minimum atomic E-state index is -1.33. The molecule has 98 valence electrons. The summed E-state index contributed by atoms with van der Waals surface area (Å²) in [6.07, 6.45) is -2.20. The molecule has 0 aromatic heterocycles. The van der Waals surface area contributed by atoms with Gasteiger partial charge in [-0.1, -0.05) is 13.3 Å². The fourth-order valence-corrected chi connectivity index (χ4v) is 1.56. The molecule has 0 unspecified atom stereocenters. The van der Waals surface area contributed by atoms with Gasteiger partial charge in [-0.2, -0.15) is 0 Å². The number of aliphatic hydroxyl groups is 5. The summed E-state index contributed by atoms with van der Waals surface area (Å²) in [5, 5.41) is 46.6. The van der Waals surface area contributed by atoms with Crippen LogP contribution in [0, 0.1) is 0 Å². The van der Waals surface area contributed by atoms with Gasteiger partial charge in [-0.25, -0.2) is 0 Å². The molecule has 0 saturated heterocycles. The molecule has 5 N–H and O–H groups in total. The van der Waals surface area contributed by atoms with Crippen LogP contribution < -0.4 is 0 Å². The Morgan fingerprint density at radius 3 is 1.75 bits per heavy atom. The zero-order valence-electron chi connectivity index (χ0n) is 9.79. The Kier molecular flexibility index (Phi) is 8.78. The molecule has 0 rings (SSSR count). The van der Waals surface area contributed by atoms with Gasteiger partial charge in [0.05, 0.1) is 12.2 Å². The molecule has 0 aromatic carbocycles. The second-order valence-electron chi connectivity index (χ2n) is 4.12. The summed E-state index contributed by atoms with van der Waals surface area (Å²) in [4.78, 5) is 0. The molecule has 5 heteroatoms. The number of unbranched alkanes of at least 4 members (excludes halogenated alkanes) is 1. The molecule has 0 amide bonds. The molecule has 0 bridgehead atoms. The summed E-state index contributed by atoms with van der Waals surface area (Å²) in [5.74, 6) is 0. The maximum absolute atomic E-state index is 9.56. The molecule has 0 aliphatic heterocycles. The maximum Gasteiger partial charge on any atom is 0.108 e. The van der Waals surface area contributed by atoms with Gasteiger partial charge in [-0.3, -0.25) is 0 Å². The number of rotatable bonds is 9. The summed E-state index contributed by atoms with van der Waals surface area (Å²) in [7, 11) is 0. The Morgan fingerprint density at radius 1 is 0.812 bits per heavy atom. The van der Waals surface area contributed by atoms with Crippen LogP contribution in [-0.4, -0.2) is 56.6 Å². The van der Waals surface area contributed by atoms with Crippen LogP contribution >= 0.6 is 0 Å². The fraction of sp³-hybridized carbons (Fsp3) is 1.00. The van der Waals surface area contributed by atoms with E-state index in [-0.39, 0.29) is 6.61 Å². The van der Waals surface area contributed by atoms with Crippen LogP contribution in [0.4, 0.5) is 0 Å². The van der Waals surface area contributed by atoms with E-state index in [1.165, 1.54) is 0 Å². The standard InChI is InChI=1S/C11H24O5/c1-2-5-8(13)10(15)11(16)9(14)6-3-4-7-12/h8-16H,2-7H2,1H3/t8-,9+,10-,11-/m1/s1. The predicted molar refractivity (Wildman–Crippen MR) is 59.9 cm³/mol. The third-order valence-electron chi connectivity index (χ3n) is 2.63. The van der Waals surface area contributed by atoms with Gasteiger partial charge in [0, 0.05) is 6.61 Å². The highest BCUT2D eigenvalue weighted by Crippen LogP contribution is 2.13. The molecule has 0 aromatic rings.